The first-order valence-electron chi connectivity index (χ1n) is 6.77. The Hall–Kier alpha value is -1.37. The van der Waals surface area contributed by atoms with Crippen LogP contribution in [0.2, 0.25) is 0 Å². The molecule has 21 heavy (non-hydrogen) atoms. The first-order valence-corrected chi connectivity index (χ1v) is 9.13. The average Bonchev–Trinajstić information content (AvgIpc) is 2.88. The van der Waals surface area contributed by atoms with Gasteiger partial charge in [0.1, 0.15) is 4.90 Å². The van der Waals surface area contributed by atoms with Gasteiger partial charge in [-0.05, 0) is 54.5 Å². The molecule has 1 aromatic heterocycles. The third-order valence-electron chi connectivity index (χ3n) is 3.62. The molecule has 0 atom stereocenters. The first kappa shape index (κ1) is 16.0. The Labute approximate surface area is 130 Å². The minimum atomic E-state index is -3.61. The molecule has 3 N–H and O–H groups in total. The van der Waals surface area contributed by atoms with Gasteiger partial charge in [0.25, 0.3) is 0 Å². The number of benzene rings is 1. The molecule has 1 aromatic carbocycles. The van der Waals surface area contributed by atoms with Crippen molar-refractivity contribution in [2.75, 3.05) is 5.73 Å². The number of anilines is 1. The van der Waals surface area contributed by atoms with E-state index in [1.165, 1.54) is 5.56 Å². The second kappa shape index (κ2) is 6.17. The van der Waals surface area contributed by atoms with Crippen LogP contribution >= 0.6 is 11.3 Å². The van der Waals surface area contributed by atoms with Crippen LogP contribution in [0.5, 0.6) is 0 Å². The summed E-state index contributed by atoms with van der Waals surface area (Å²) in [4.78, 5) is 1.24. The van der Waals surface area contributed by atoms with Gasteiger partial charge in [0.05, 0.1) is 5.69 Å². The predicted molar refractivity (Wildman–Crippen MR) is 88.1 cm³/mol. The number of hydrogen-bond acceptors (Lipinski definition) is 4. The van der Waals surface area contributed by atoms with Gasteiger partial charge in [-0.3, -0.25) is 0 Å². The van der Waals surface area contributed by atoms with E-state index >= 15 is 0 Å². The quantitative estimate of drug-likeness (QED) is 0.831. The highest BCUT2D eigenvalue weighted by atomic mass is 32.2. The maximum atomic E-state index is 12.5. The van der Waals surface area contributed by atoms with Crippen LogP contribution in [-0.4, -0.2) is 8.42 Å². The van der Waals surface area contributed by atoms with Crippen molar-refractivity contribution in [3.63, 3.8) is 0 Å². The van der Waals surface area contributed by atoms with Crippen LogP contribution in [-0.2, 0) is 23.0 Å². The zero-order valence-corrected chi connectivity index (χ0v) is 14.1. The molecule has 0 radical (unpaired) electrons. The number of thiophene rings is 1. The molecule has 0 unspecified atom stereocenters. The van der Waals surface area contributed by atoms with E-state index in [4.69, 9.17) is 5.73 Å². The first-order chi connectivity index (χ1) is 9.86. The van der Waals surface area contributed by atoms with Crippen LogP contribution in [0.15, 0.2) is 28.5 Å². The van der Waals surface area contributed by atoms with Gasteiger partial charge in [-0.25, -0.2) is 13.1 Å². The average molecular weight is 324 g/mol. The SMILES string of the molecule is CCc1ccsc1CNS(=O)(=O)c1c(N)ccc(C)c1C. The van der Waals surface area contributed by atoms with Crippen molar-refractivity contribution in [3.05, 3.63) is 45.1 Å². The molecule has 0 spiro atoms. The molecule has 0 aliphatic rings. The summed E-state index contributed by atoms with van der Waals surface area (Å²) >= 11 is 1.56. The molecule has 0 amide bonds. The minimum absolute atomic E-state index is 0.192. The van der Waals surface area contributed by atoms with Crippen molar-refractivity contribution in [1.82, 2.24) is 4.72 Å². The zero-order valence-electron chi connectivity index (χ0n) is 12.4. The molecule has 0 aliphatic heterocycles. The number of nitrogens with two attached hydrogens (primary N) is 1. The maximum absolute atomic E-state index is 12.5. The molecule has 1 heterocycles. The van der Waals surface area contributed by atoms with Crippen LogP contribution < -0.4 is 10.5 Å². The van der Waals surface area contributed by atoms with E-state index in [2.05, 4.69) is 11.6 Å². The Morgan fingerprint density at radius 3 is 2.62 bits per heavy atom. The van der Waals surface area contributed by atoms with Crippen molar-refractivity contribution in [2.24, 2.45) is 0 Å². The monoisotopic (exact) mass is 324 g/mol. The second-order valence-corrected chi connectivity index (χ2v) is 7.68. The number of aryl methyl sites for hydroxylation is 2. The van der Waals surface area contributed by atoms with Crippen LogP contribution in [0.25, 0.3) is 0 Å². The second-order valence-electron chi connectivity index (χ2n) is 4.97. The van der Waals surface area contributed by atoms with Gasteiger partial charge in [0.2, 0.25) is 10.0 Å². The Morgan fingerprint density at radius 2 is 1.95 bits per heavy atom. The number of rotatable bonds is 5. The molecule has 0 saturated heterocycles. The summed E-state index contributed by atoms with van der Waals surface area (Å²) in [5, 5.41) is 1.98. The Kier molecular flexibility index (Phi) is 4.70. The van der Waals surface area contributed by atoms with Gasteiger partial charge in [0, 0.05) is 11.4 Å². The van der Waals surface area contributed by atoms with E-state index in [0.717, 1.165) is 16.9 Å². The summed E-state index contributed by atoms with van der Waals surface area (Å²) < 4.78 is 27.7. The number of nitrogen functional groups attached to an aromatic ring is 1. The lowest BCUT2D eigenvalue weighted by atomic mass is 10.1. The van der Waals surface area contributed by atoms with Crippen LogP contribution in [0.1, 0.15) is 28.5 Å². The molecule has 6 heteroatoms. The fourth-order valence-corrected chi connectivity index (χ4v) is 4.67. The van der Waals surface area contributed by atoms with Crippen LogP contribution in [0.3, 0.4) is 0 Å². The van der Waals surface area contributed by atoms with Crippen molar-refractivity contribution < 1.29 is 8.42 Å². The maximum Gasteiger partial charge on any atom is 0.243 e. The van der Waals surface area contributed by atoms with Crippen LogP contribution in [0, 0.1) is 13.8 Å². The van der Waals surface area contributed by atoms with Gasteiger partial charge in [-0.1, -0.05) is 13.0 Å². The van der Waals surface area contributed by atoms with Gasteiger partial charge in [-0.15, -0.1) is 11.3 Å². The lowest BCUT2D eigenvalue weighted by Gasteiger charge is -2.13. The standard InChI is InChI=1S/C15H20N2O2S2/c1-4-12-7-8-20-14(12)9-17-21(18,19)15-11(3)10(2)5-6-13(15)16/h5-8,17H,4,9,16H2,1-3H3. The molecule has 0 saturated carbocycles. The Morgan fingerprint density at radius 1 is 1.24 bits per heavy atom. The Balaban J connectivity index is 2.30. The molecule has 2 aromatic rings. The molecular formula is C15H20N2O2S2. The summed E-state index contributed by atoms with van der Waals surface area (Å²) in [5.41, 5.74) is 8.94. The highest BCUT2D eigenvalue weighted by Crippen LogP contribution is 2.26. The number of hydrogen-bond donors (Lipinski definition) is 2. The third kappa shape index (κ3) is 3.28. The fourth-order valence-electron chi connectivity index (χ4n) is 2.24. The third-order valence-corrected chi connectivity index (χ3v) is 6.18. The van der Waals surface area contributed by atoms with Crippen LogP contribution in [0.4, 0.5) is 5.69 Å². The molecule has 114 valence electrons. The predicted octanol–water partition coefficient (Wildman–Crippen LogP) is 2.99. The van der Waals surface area contributed by atoms with Crippen molar-refractivity contribution >= 4 is 27.0 Å². The minimum Gasteiger partial charge on any atom is -0.398 e. The topological polar surface area (TPSA) is 72.2 Å². The van der Waals surface area contributed by atoms with Gasteiger partial charge >= 0.3 is 0 Å². The lowest BCUT2D eigenvalue weighted by molar-refractivity contribution is 0.581. The fraction of sp³-hybridized carbons (Fsp3) is 0.333. The molecule has 0 fully saturated rings. The molecule has 2 rings (SSSR count). The number of sulfonamides is 1. The molecule has 0 aliphatic carbocycles. The molecule has 4 nitrogen and oxygen atoms in total. The van der Waals surface area contributed by atoms with E-state index < -0.39 is 10.0 Å². The highest BCUT2D eigenvalue weighted by molar-refractivity contribution is 7.89. The summed E-state index contributed by atoms with van der Waals surface area (Å²) in [7, 11) is -3.61. The normalized spacial score (nSPS) is 11.8. The van der Waals surface area contributed by atoms with Crippen molar-refractivity contribution in [3.8, 4) is 0 Å². The zero-order chi connectivity index (χ0) is 15.6. The van der Waals surface area contributed by atoms with E-state index in [-0.39, 0.29) is 10.6 Å². The molecule has 0 bridgehead atoms. The van der Waals surface area contributed by atoms with Gasteiger partial charge in [0.15, 0.2) is 0 Å². The van der Waals surface area contributed by atoms with E-state index in [0.29, 0.717) is 12.1 Å². The highest BCUT2D eigenvalue weighted by Gasteiger charge is 2.21. The lowest BCUT2D eigenvalue weighted by Crippen LogP contribution is -2.25. The van der Waals surface area contributed by atoms with Gasteiger partial charge in [-0.2, -0.15) is 0 Å². The van der Waals surface area contributed by atoms with Crippen molar-refractivity contribution in [1.29, 1.82) is 0 Å². The van der Waals surface area contributed by atoms with Crippen molar-refractivity contribution in [2.45, 2.75) is 38.6 Å². The summed E-state index contributed by atoms with van der Waals surface area (Å²) in [6.45, 7) is 6.02. The summed E-state index contributed by atoms with van der Waals surface area (Å²) in [6, 6.07) is 5.50. The Bertz CT molecular complexity index is 749. The van der Waals surface area contributed by atoms with E-state index in [9.17, 15) is 8.42 Å². The summed E-state index contributed by atoms with van der Waals surface area (Å²) in [6.07, 6.45) is 0.895. The van der Waals surface area contributed by atoms with E-state index in [1.807, 2.05) is 24.4 Å². The largest absolute Gasteiger partial charge is 0.398 e. The molecular weight excluding hydrogens is 304 g/mol. The summed E-state index contributed by atoms with van der Waals surface area (Å²) in [5.74, 6) is 0. The smallest absolute Gasteiger partial charge is 0.243 e. The van der Waals surface area contributed by atoms with Gasteiger partial charge < -0.3 is 5.73 Å². The van der Waals surface area contributed by atoms with E-state index in [1.54, 1.807) is 24.3 Å². The number of nitrogens with one attached hydrogen (secondary N) is 1.